The van der Waals surface area contributed by atoms with Gasteiger partial charge in [0.15, 0.2) is 0 Å². The number of carbonyl (C=O) groups is 2. The van der Waals surface area contributed by atoms with Crippen molar-refractivity contribution < 1.29 is 14.7 Å². The van der Waals surface area contributed by atoms with Crippen LogP contribution in [-0.2, 0) is 4.79 Å². The fourth-order valence-corrected chi connectivity index (χ4v) is 2.90. The molecule has 1 saturated heterocycles. The van der Waals surface area contributed by atoms with Crippen LogP contribution in [0.3, 0.4) is 0 Å². The Morgan fingerprint density at radius 2 is 2.10 bits per heavy atom. The van der Waals surface area contributed by atoms with E-state index in [0.717, 1.165) is 31.8 Å². The number of nitrogens with one attached hydrogen (secondary N) is 1. The molecular formula is C16H30N2O3. The largest absolute Gasteiger partial charge is 0.481 e. The zero-order valence-electron chi connectivity index (χ0n) is 13.4. The summed E-state index contributed by atoms with van der Waals surface area (Å²) in [5.41, 5.74) is 0. The molecule has 0 aromatic rings. The maximum Gasteiger partial charge on any atom is 0.317 e. The van der Waals surface area contributed by atoms with E-state index in [9.17, 15) is 9.59 Å². The van der Waals surface area contributed by atoms with E-state index in [2.05, 4.69) is 12.2 Å². The Hall–Kier alpha value is -1.26. The molecule has 2 amide bonds. The Morgan fingerprint density at radius 1 is 1.33 bits per heavy atom. The lowest BCUT2D eigenvalue weighted by Crippen LogP contribution is -2.41. The zero-order valence-corrected chi connectivity index (χ0v) is 13.4. The highest BCUT2D eigenvalue weighted by atomic mass is 16.4. The highest BCUT2D eigenvalue weighted by Crippen LogP contribution is 2.21. The molecule has 0 aromatic heterocycles. The molecule has 0 radical (unpaired) electrons. The fraction of sp³-hybridized carbons (Fsp3) is 0.875. The number of carboxylic acids is 1. The SMILES string of the molecule is CCCC1CCCN(C(=O)NCCCC(C)C(=O)O)CC1. The Labute approximate surface area is 128 Å². The number of hydrogen-bond acceptors (Lipinski definition) is 2. The van der Waals surface area contributed by atoms with Gasteiger partial charge in [0.05, 0.1) is 5.92 Å². The van der Waals surface area contributed by atoms with Crippen LogP contribution in [0.5, 0.6) is 0 Å². The predicted octanol–water partition coefficient (Wildman–Crippen LogP) is 3.10. The normalized spacial score (nSPS) is 20.7. The second-order valence-electron chi connectivity index (χ2n) is 6.19. The molecule has 0 aromatic carbocycles. The van der Waals surface area contributed by atoms with E-state index >= 15 is 0 Å². The number of urea groups is 1. The lowest BCUT2D eigenvalue weighted by Gasteiger charge is -2.21. The molecule has 1 aliphatic rings. The maximum atomic E-state index is 12.1. The highest BCUT2D eigenvalue weighted by Gasteiger charge is 2.19. The first kappa shape index (κ1) is 17.8. The number of rotatable bonds is 7. The van der Waals surface area contributed by atoms with E-state index in [1.54, 1.807) is 6.92 Å². The number of nitrogens with zero attached hydrogens (tertiary/aromatic N) is 1. The van der Waals surface area contributed by atoms with Gasteiger partial charge in [-0.25, -0.2) is 4.79 Å². The number of amides is 2. The zero-order chi connectivity index (χ0) is 15.7. The average molecular weight is 298 g/mol. The third-order valence-corrected chi connectivity index (χ3v) is 4.34. The molecule has 2 N–H and O–H groups in total. The van der Waals surface area contributed by atoms with E-state index < -0.39 is 5.97 Å². The van der Waals surface area contributed by atoms with E-state index in [0.29, 0.717) is 19.4 Å². The van der Waals surface area contributed by atoms with Crippen molar-refractivity contribution in [2.75, 3.05) is 19.6 Å². The van der Waals surface area contributed by atoms with Crippen LogP contribution in [0.2, 0.25) is 0 Å². The van der Waals surface area contributed by atoms with Gasteiger partial charge >= 0.3 is 12.0 Å². The van der Waals surface area contributed by atoms with Gasteiger partial charge in [-0.05, 0) is 38.0 Å². The Morgan fingerprint density at radius 3 is 2.76 bits per heavy atom. The first-order chi connectivity index (χ1) is 10.0. The minimum absolute atomic E-state index is 0.00938. The van der Waals surface area contributed by atoms with Gasteiger partial charge in [-0.3, -0.25) is 4.79 Å². The van der Waals surface area contributed by atoms with Crippen LogP contribution in [0.4, 0.5) is 4.79 Å². The van der Waals surface area contributed by atoms with Gasteiger partial charge in [0, 0.05) is 19.6 Å². The first-order valence-corrected chi connectivity index (χ1v) is 8.30. The van der Waals surface area contributed by atoms with Gasteiger partial charge in [0.2, 0.25) is 0 Å². The lowest BCUT2D eigenvalue weighted by atomic mass is 9.96. The Bertz CT molecular complexity index is 333. The standard InChI is InChI=1S/C16H30N2O3/c1-3-6-14-8-5-11-18(12-9-14)16(21)17-10-4-7-13(2)15(19)20/h13-14H,3-12H2,1-2H3,(H,17,21)(H,19,20). The fourth-order valence-electron chi connectivity index (χ4n) is 2.90. The molecule has 1 heterocycles. The molecule has 1 fully saturated rings. The molecule has 0 spiro atoms. The minimum Gasteiger partial charge on any atom is -0.481 e. The summed E-state index contributed by atoms with van der Waals surface area (Å²) >= 11 is 0. The van der Waals surface area contributed by atoms with Gasteiger partial charge in [-0.15, -0.1) is 0 Å². The van der Waals surface area contributed by atoms with Gasteiger partial charge in [-0.2, -0.15) is 0 Å². The van der Waals surface area contributed by atoms with Crippen LogP contribution in [0, 0.1) is 11.8 Å². The van der Waals surface area contributed by atoms with Crippen molar-refractivity contribution >= 4 is 12.0 Å². The summed E-state index contributed by atoms with van der Waals surface area (Å²) in [6.07, 6.45) is 7.24. The summed E-state index contributed by atoms with van der Waals surface area (Å²) in [6.45, 7) is 6.17. The van der Waals surface area contributed by atoms with Crippen molar-refractivity contribution in [3.05, 3.63) is 0 Å². The summed E-state index contributed by atoms with van der Waals surface area (Å²) in [5, 5.41) is 11.7. The lowest BCUT2D eigenvalue weighted by molar-refractivity contribution is -0.141. The van der Waals surface area contributed by atoms with Crippen molar-refractivity contribution in [1.82, 2.24) is 10.2 Å². The quantitative estimate of drug-likeness (QED) is 0.710. The number of carbonyl (C=O) groups excluding carboxylic acids is 1. The van der Waals surface area contributed by atoms with E-state index in [4.69, 9.17) is 5.11 Å². The van der Waals surface area contributed by atoms with Crippen LogP contribution in [0.15, 0.2) is 0 Å². The second-order valence-corrected chi connectivity index (χ2v) is 6.19. The van der Waals surface area contributed by atoms with Crippen molar-refractivity contribution in [3.63, 3.8) is 0 Å². The topological polar surface area (TPSA) is 69.6 Å². The van der Waals surface area contributed by atoms with Crippen molar-refractivity contribution in [2.45, 2.75) is 58.8 Å². The van der Waals surface area contributed by atoms with E-state index in [1.807, 2.05) is 4.90 Å². The molecule has 1 rings (SSSR count). The first-order valence-electron chi connectivity index (χ1n) is 8.30. The van der Waals surface area contributed by atoms with Gasteiger partial charge < -0.3 is 15.3 Å². The molecule has 2 atom stereocenters. The van der Waals surface area contributed by atoms with Gasteiger partial charge in [0.1, 0.15) is 0 Å². The molecule has 21 heavy (non-hydrogen) atoms. The Balaban J connectivity index is 2.21. The molecule has 1 aliphatic heterocycles. The predicted molar refractivity (Wildman–Crippen MR) is 83.3 cm³/mol. The van der Waals surface area contributed by atoms with Crippen molar-refractivity contribution in [1.29, 1.82) is 0 Å². The van der Waals surface area contributed by atoms with Crippen molar-refractivity contribution in [2.24, 2.45) is 11.8 Å². The van der Waals surface area contributed by atoms with E-state index in [1.165, 1.54) is 19.3 Å². The molecule has 0 bridgehead atoms. The summed E-state index contributed by atoms with van der Waals surface area (Å²) < 4.78 is 0. The van der Waals surface area contributed by atoms with Crippen LogP contribution >= 0.6 is 0 Å². The summed E-state index contributed by atoms with van der Waals surface area (Å²) in [7, 11) is 0. The summed E-state index contributed by atoms with van der Waals surface area (Å²) in [6, 6.07) is 0.00938. The number of aliphatic carboxylic acids is 1. The number of hydrogen-bond donors (Lipinski definition) is 2. The van der Waals surface area contributed by atoms with Crippen LogP contribution < -0.4 is 5.32 Å². The molecule has 122 valence electrons. The van der Waals surface area contributed by atoms with Crippen molar-refractivity contribution in [3.8, 4) is 0 Å². The highest BCUT2D eigenvalue weighted by molar-refractivity contribution is 5.74. The monoisotopic (exact) mass is 298 g/mol. The van der Waals surface area contributed by atoms with Crippen LogP contribution in [0.25, 0.3) is 0 Å². The smallest absolute Gasteiger partial charge is 0.317 e. The number of carboxylic acid groups (broad SMARTS) is 1. The van der Waals surface area contributed by atoms with E-state index in [-0.39, 0.29) is 11.9 Å². The maximum absolute atomic E-state index is 12.1. The molecule has 0 aliphatic carbocycles. The summed E-state index contributed by atoms with van der Waals surface area (Å²) in [4.78, 5) is 24.7. The second kappa shape index (κ2) is 9.64. The van der Waals surface area contributed by atoms with Gasteiger partial charge in [-0.1, -0.05) is 26.7 Å². The molecule has 2 unspecified atom stereocenters. The van der Waals surface area contributed by atoms with Crippen LogP contribution in [0.1, 0.15) is 58.8 Å². The Kier molecular flexibility index (Phi) is 8.16. The molecule has 0 saturated carbocycles. The molecule has 5 nitrogen and oxygen atoms in total. The molecule has 5 heteroatoms. The van der Waals surface area contributed by atoms with Gasteiger partial charge in [0.25, 0.3) is 0 Å². The van der Waals surface area contributed by atoms with Crippen LogP contribution in [-0.4, -0.2) is 41.6 Å². The third kappa shape index (κ3) is 6.82. The third-order valence-electron chi connectivity index (χ3n) is 4.34. The summed E-state index contributed by atoms with van der Waals surface area (Å²) in [5.74, 6) is -0.338. The number of likely N-dealkylation sites (tertiary alicyclic amines) is 1. The minimum atomic E-state index is -0.768. The molecular weight excluding hydrogens is 268 g/mol. The average Bonchev–Trinajstić information content (AvgIpc) is 2.69.